The van der Waals surface area contributed by atoms with E-state index in [0.29, 0.717) is 0 Å². The van der Waals surface area contributed by atoms with Gasteiger partial charge < -0.3 is 29.0 Å². The van der Waals surface area contributed by atoms with Gasteiger partial charge in [-0.3, -0.25) is 33.8 Å². The number of thioether (sulfide) groups is 1. The first kappa shape index (κ1) is 31.4. The molecule has 1 saturated heterocycles. The molecule has 0 aliphatic carbocycles. The number of aromatic amines is 1. The zero-order chi connectivity index (χ0) is 29.4. The number of Topliss-reactive ketones (excluding diaryl/α,β-unsaturated/α-hetero) is 1. The van der Waals surface area contributed by atoms with Crippen LogP contribution >= 0.6 is 11.8 Å². The van der Waals surface area contributed by atoms with Gasteiger partial charge in [-0.15, -0.1) is 0 Å². The Morgan fingerprint density at radius 1 is 0.923 bits per heavy atom. The van der Waals surface area contributed by atoms with Crippen LogP contribution in [-0.2, 0) is 47.7 Å². The summed E-state index contributed by atoms with van der Waals surface area (Å²) in [6.45, 7) is 6.67. The lowest BCUT2D eigenvalue weighted by Gasteiger charge is -2.44. The van der Waals surface area contributed by atoms with E-state index >= 15 is 0 Å². The third-order valence-corrected chi connectivity index (χ3v) is 5.71. The van der Waals surface area contributed by atoms with E-state index in [2.05, 4.69) is 20.3 Å². The normalized spacial score (nSPS) is 22.8. The van der Waals surface area contributed by atoms with Gasteiger partial charge in [-0.25, -0.2) is 9.98 Å². The Kier molecular flexibility index (Phi) is 11.2. The second-order valence-electron chi connectivity index (χ2n) is 8.29. The van der Waals surface area contributed by atoms with Crippen LogP contribution in [0.1, 0.15) is 41.5 Å². The van der Waals surface area contributed by atoms with Crippen molar-refractivity contribution in [3.8, 4) is 0 Å². The summed E-state index contributed by atoms with van der Waals surface area (Å²) in [4.78, 5) is 83.0. The van der Waals surface area contributed by atoms with E-state index in [-0.39, 0.29) is 22.4 Å². The van der Waals surface area contributed by atoms with Crippen LogP contribution < -0.4 is 10.9 Å². The smallest absolute Gasteiger partial charge is 0.303 e. The van der Waals surface area contributed by atoms with Crippen LogP contribution in [0, 0.1) is 0 Å². The van der Waals surface area contributed by atoms with Crippen LogP contribution in [0.3, 0.4) is 0 Å². The highest BCUT2D eigenvalue weighted by molar-refractivity contribution is 7.98. The van der Waals surface area contributed by atoms with Gasteiger partial charge in [0, 0.05) is 34.6 Å². The Morgan fingerprint density at radius 3 is 2.00 bits per heavy atom. The van der Waals surface area contributed by atoms with Crippen LogP contribution in [0.2, 0.25) is 0 Å². The molecule has 0 bridgehead atoms. The molecular formula is C23H30N4O11S. The van der Waals surface area contributed by atoms with Crippen LogP contribution in [0.5, 0.6) is 0 Å². The molecule has 1 aliphatic rings. The number of ketones is 1. The number of aromatic nitrogens is 2. The molecule has 0 amide bonds. The fraction of sp³-hybridized carbons (Fsp3) is 0.565. The van der Waals surface area contributed by atoms with Crippen molar-refractivity contribution in [1.82, 2.24) is 9.97 Å². The SMILES string of the molecule is CSc1nc(NC2OC(COC(C)=O)C(OC(C)=O)C(OC(C)=O)C2OC(C)=O)c(N=C(C)C(C)=O)c(=O)[nH]1. The lowest BCUT2D eigenvalue weighted by molar-refractivity contribution is -0.247. The maximum absolute atomic E-state index is 12.8. The third-order valence-electron chi connectivity index (χ3n) is 5.13. The van der Waals surface area contributed by atoms with Crippen LogP contribution in [0.4, 0.5) is 11.5 Å². The average molecular weight is 571 g/mol. The van der Waals surface area contributed by atoms with E-state index in [4.69, 9.17) is 23.7 Å². The van der Waals surface area contributed by atoms with Crippen molar-refractivity contribution in [2.75, 3.05) is 18.2 Å². The number of hydrogen-bond acceptors (Lipinski definition) is 15. The van der Waals surface area contributed by atoms with Gasteiger partial charge in [-0.05, 0) is 13.2 Å². The maximum atomic E-state index is 12.8. The zero-order valence-electron chi connectivity index (χ0n) is 22.4. The first-order valence-electron chi connectivity index (χ1n) is 11.5. The van der Waals surface area contributed by atoms with Gasteiger partial charge in [0.05, 0.1) is 5.71 Å². The van der Waals surface area contributed by atoms with E-state index in [1.807, 2.05) is 0 Å². The van der Waals surface area contributed by atoms with E-state index in [9.17, 15) is 28.8 Å². The fourth-order valence-corrected chi connectivity index (χ4v) is 3.85. The third kappa shape index (κ3) is 8.88. The minimum Gasteiger partial charge on any atom is -0.463 e. The minimum absolute atomic E-state index is 0.00352. The summed E-state index contributed by atoms with van der Waals surface area (Å²) in [5.41, 5.74) is -0.972. The lowest BCUT2D eigenvalue weighted by atomic mass is 9.97. The molecule has 2 heterocycles. The molecule has 1 aliphatic heterocycles. The van der Waals surface area contributed by atoms with Crippen LogP contribution in [-0.4, -0.2) is 88.8 Å². The second kappa shape index (κ2) is 13.8. The molecule has 39 heavy (non-hydrogen) atoms. The highest BCUT2D eigenvalue weighted by atomic mass is 32.2. The molecule has 5 unspecified atom stereocenters. The molecule has 0 radical (unpaired) electrons. The van der Waals surface area contributed by atoms with Crippen molar-refractivity contribution in [1.29, 1.82) is 0 Å². The summed E-state index contributed by atoms with van der Waals surface area (Å²) < 4.78 is 27.2. The molecule has 2 N–H and O–H groups in total. The number of hydrogen-bond donors (Lipinski definition) is 2. The van der Waals surface area contributed by atoms with Crippen LogP contribution in [0.15, 0.2) is 14.9 Å². The van der Waals surface area contributed by atoms with Crippen molar-refractivity contribution >= 4 is 58.6 Å². The molecule has 214 valence electrons. The molecule has 0 aromatic carbocycles. The van der Waals surface area contributed by atoms with Gasteiger partial charge in [-0.1, -0.05) is 11.8 Å². The number of anilines is 1. The second-order valence-corrected chi connectivity index (χ2v) is 9.08. The van der Waals surface area contributed by atoms with Gasteiger partial charge in [0.1, 0.15) is 12.7 Å². The number of rotatable bonds is 10. The predicted molar refractivity (Wildman–Crippen MR) is 136 cm³/mol. The fourth-order valence-electron chi connectivity index (χ4n) is 3.47. The van der Waals surface area contributed by atoms with Gasteiger partial charge in [0.15, 0.2) is 47.0 Å². The first-order chi connectivity index (χ1) is 18.2. The number of carbonyl (C=O) groups excluding carboxylic acids is 5. The van der Waals surface area contributed by atoms with Gasteiger partial charge >= 0.3 is 23.9 Å². The van der Waals surface area contributed by atoms with E-state index in [1.165, 1.54) is 13.8 Å². The number of nitrogens with one attached hydrogen (secondary N) is 2. The number of aliphatic imine (C=N–C) groups is 1. The van der Waals surface area contributed by atoms with E-state index < -0.39 is 72.5 Å². The molecule has 1 aromatic heterocycles. The van der Waals surface area contributed by atoms with Crippen LogP contribution in [0.25, 0.3) is 0 Å². The standard InChI is InChI=1S/C23H30N4O11S/c1-9(10(2)28)24-16-20(26-23(39-7)27-21(16)33)25-22-19(37-14(6)32)18(36-13(5)31)17(35-12(4)30)15(38-22)8-34-11(3)29/h15,17-19,22H,8H2,1-7H3,(H2,25,26,27,33). The van der Waals surface area contributed by atoms with Gasteiger partial charge in [-0.2, -0.15) is 0 Å². The summed E-state index contributed by atoms with van der Waals surface area (Å²) in [6, 6.07) is 0. The minimum atomic E-state index is -1.45. The molecule has 0 spiro atoms. The molecular weight excluding hydrogens is 540 g/mol. The van der Waals surface area contributed by atoms with Gasteiger partial charge in [0.25, 0.3) is 5.56 Å². The number of carbonyl (C=O) groups is 5. The molecule has 2 rings (SSSR count). The summed E-state index contributed by atoms with van der Waals surface area (Å²) in [6.07, 6.45) is -5.22. The molecule has 15 nitrogen and oxygen atoms in total. The van der Waals surface area contributed by atoms with Gasteiger partial charge in [0.2, 0.25) is 0 Å². The number of ether oxygens (including phenoxy) is 5. The molecule has 1 aromatic rings. The van der Waals surface area contributed by atoms with E-state index in [0.717, 1.165) is 39.5 Å². The van der Waals surface area contributed by atoms with E-state index in [1.54, 1.807) is 6.26 Å². The quantitative estimate of drug-likeness (QED) is 0.131. The molecule has 1 fully saturated rings. The van der Waals surface area contributed by atoms with Crippen molar-refractivity contribution in [2.45, 2.75) is 77.3 Å². The largest absolute Gasteiger partial charge is 0.463 e. The number of H-pyrrole nitrogens is 1. The Bertz CT molecular complexity index is 1210. The summed E-state index contributed by atoms with van der Waals surface area (Å²) in [5.74, 6) is -3.62. The Balaban J connectivity index is 2.69. The molecule has 5 atom stereocenters. The van der Waals surface area contributed by atoms with Crippen molar-refractivity contribution in [3.63, 3.8) is 0 Å². The lowest BCUT2D eigenvalue weighted by Crippen LogP contribution is -2.64. The zero-order valence-corrected chi connectivity index (χ0v) is 23.2. The summed E-state index contributed by atoms with van der Waals surface area (Å²) in [5, 5.41) is 3.00. The maximum Gasteiger partial charge on any atom is 0.303 e. The highest BCUT2D eigenvalue weighted by Gasteiger charge is 2.52. The van der Waals surface area contributed by atoms with Crippen molar-refractivity contribution in [3.05, 3.63) is 10.4 Å². The predicted octanol–water partition coefficient (Wildman–Crippen LogP) is 0.668. The number of esters is 4. The van der Waals surface area contributed by atoms with Crippen molar-refractivity contribution < 1.29 is 47.7 Å². The monoisotopic (exact) mass is 570 g/mol. The average Bonchev–Trinajstić information content (AvgIpc) is 2.82. The van der Waals surface area contributed by atoms with Crippen molar-refractivity contribution in [2.24, 2.45) is 4.99 Å². The summed E-state index contributed by atoms with van der Waals surface area (Å²) >= 11 is 1.10. The topological polar surface area (TPSA) is 202 Å². The Morgan fingerprint density at radius 2 is 1.49 bits per heavy atom. The Hall–Kier alpha value is -3.79. The molecule has 0 saturated carbocycles. The first-order valence-corrected chi connectivity index (χ1v) is 12.8. The highest BCUT2D eigenvalue weighted by Crippen LogP contribution is 2.31. The molecule has 16 heteroatoms. The number of nitrogens with zero attached hydrogens (tertiary/aromatic N) is 2. The summed E-state index contributed by atoms with van der Waals surface area (Å²) in [7, 11) is 0. The Labute approximate surface area is 227 Å².